The molecule has 0 bridgehead atoms. The molecule has 0 aliphatic heterocycles. The van der Waals surface area contributed by atoms with Gasteiger partial charge in [-0.1, -0.05) is 0 Å². The third kappa shape index (κ3) is 2830. The van der Waals surface area contributed by atoms with E-state index in [2.05, 4.69) is 0 Å². The van der Waals surface area contributed by atoms with E-state index < -0.39 is 22.7 Å². The van der Waals surface area contributed by atoms with Crippen LogP contribution in [0.3, 0.4) is 0 Å². The molecule has 0 atom stereocenters. The van der Waals surface area contributed by atoms with E-state index in [1.165, 1.54) is 0 Å². The SMILES string of the molecule is O.O.O.O.O.[F][Zr]([F])([F])[F]. The van der Waals surface area contributed by atoms with Crippen molar-refractivity contribution in [3.05, 3.63) is 0 Å². The van der Waals surface area contributed by atoms with E-state index in [0.29, 0.717) is 0 Å². The summed E-state index contributed by atoms with van der Waals surface area (Å²) in [6.45, 7) is 0. The molecule has 0 spiro atoms. The summed E-state index contributed by atoms with van der Waals surface area (Å²) in [4.78, 5) is 0. The third-order valence-electron chi connectivity index (χ3n) is 0. The molecule has 0 saturated carbocycles. The van der Waals surface area contributed by atoms with Crippen LogP contribution in [0.2, 0.25) is 0 Å². The summed E-state index contributed by atoms with van der Waals surface area (Å²) in [5, 5.41) is 0. The van der Waals surface area contributed by atoms with Gasteiger partial charge in [0.2, 0.25) is 0 Å². The molecule has 0 amide bonds. The van der Waals surface area contributed by atoms with Crippen LogP contribution in [0.15, 0.2) is 0 Å². The summed E-state index contributed by atoms with van der Waals surface area (Å²) in [5.41, 5.74) is 0. The Bertz CT molecular complexity index is 29.1. The molecule has 72 valence electrons. The molecule has 10 heteroatoms. The summed E-state index contributed by atoms with van der Waals surface area (Å²) < 4.78 is 39.6. The van der Waals surface area contributed by atoms with Gasteiger partial charge in [0.15, 0.2) is 0 Å². The fourth-order valence-electron chi connectivity index (χ4n) is 0. The van der Waals surface area contributed by atoms with Gasteiger partial charge >= 0.3 is 33.2 Å². The second kappa shape index (κ2) is 16.2. The van der Waals surface area contributed by atoms with Crippen LogP contribution in [0, 0.1) is 0 Å². The molecular weight excluding hydrogens is 247 g/mol. The first-order valence-corrected chi connectivity index (χ1v) is 4.47. The number of halogens is 4. The van der Waals surface area contributed by atoms with Crippen molar-refractivity contribution in [3.63, 3.8) is 0 Å². The van der Waals surface area contributed by atoms with Gasteiger partial charge in [0, 0.05) is 0 Å². The van der Waals surface area contributed by atoms with Gasteiger partial charge in [0.25, 0.3) is 0 Å². The predicted molar refractivity (Wildman–Crippen MR) is 22.5 cm³/mol. The van der Waals surface area contributed by atoms with E-state index in [1.54, 1.807) is 0 Å². The van der Waals surface area contributed by atoms with Crippen LogP contribution in [-0.4, -0.2) is 27.4 Å². The van der Waals surface area contributed by atoms with Crippen molar-refractivity contribution in [2.24, 2.45) is 0 Å². The van der Waals surface area contributed by atoms with Gasteiger partial charge in [-0.3, -0.25) is 0 Å². The molecular formula is H10F4O5Zr. The van der Waals surface area contributed by atoms with Gasteiger partial charge in [0.05, 0.1) is 0 Å². The zero-order chi connectivity index (χ0) is 4.50. The van der Waals surface area contributed by atoms with Gasteiger partial charge in [-0.2, -0.15) is 0 Å². The molecule has 0 aromatic rings. The topological polar surface area (TPSA) is 158 Å². The summed E-state index contributed by atoms with van der Waals surface area (Å²) >= 11 is -7.18. The molecule has 10 N–H and O–H groups in total. The van der Waals surface area contributed by atoms with Crippen LogP contribution in [0.4, 0.5) is 10.5 Å². The van der Waals surface area contributed by atoms with Crippen molar-refractivity contribution < 1.29 is 60.6 Å². The molecule has 0 fully saturated rings. The van der Waals surface area contributed by atoms with Gasteiger partial charge in [-0.05, 0) is 0 Å². The molecule has 10 heavy (non-hydrogen) atoms. The molecule has 0 aliphatic carbocycles. The first kappa shape index (κ1) is 47.4. The number of rotatable bonds is 0. The first-order valence-electron chi connectivity index (χ1n) is 0.756. The van der Waals surface area contributed by atoms with Crippen molar-refractivity contribution in [1.82, 2.24) is 0 Å². The Balaban J connectivity index is -0.00000000800. The van der Waals surface area contributed by atoms with Crippen molar-refractivity contribution in [2.45, 2.75) is 0 Å². The molecule has 0 rings (SSSR count). The Morgan fingerprint density at radius 2 is 0.500 bits per heavy atom. The first-order chi connectivity index (χ1) is 2.00. The summed E-state index contributed by atoms with van der Waals surface area (Å²) in [7, 11) is 0. The molecule has 0 saturated heterocycles. The molecule has 0 unspecified atom stereocenters. The number of hydrogen-bond acceptors (Lipinski definition) is 0. The van der Waals surface area contributed by atoms with Gasteiger partial charge < -0.3 is 27.4 Å². The standard InChI is InChI=1S/4FH.5H2O.Zr/h4*1H;5*1H2;/q;;;;;;;;;+4/p-4. The molecule has 0 heterocycles. The number of hydrogen-bond donors (Lipinski definition) is 0. The predicted octanol–water partition coefficient (Wildman–Crippen LogP) is -2.45. The van der Waals surface area contributed by atoms with Gasteiger partial charge in [-0.25, -0.2) is 0 Å². The maximum absolute atomic E-state index is 9.90. The van der Waals surface area contributed by atoms with Crippen molar-refractivity contribution >= 4 is 0 Å². The monoisotopic (exact) mass is 256 g/mol. The van der Waals surface area contributed by atoms with E-state index in [1.807, 2.05) is 0 Å². The van der Waals surface area contributed by atoms with E-state index in [4.69, 9.17) is 0 Å². The fourth-order valence-corrected chi connectivity index (χ4v) is 0. The Kier molecular flexibility index (Phi) is 76.8. The molecule has 5 nitrogen and oxygen atoms in total. The quantitative estimate of drug-likeness (QED) is 0.422. The van der Waals surface area contributed by atoms with E-state index in [0.717, 1.165) is 0 Å². The van der Waals surface area contributed by atoms with Crippen LogP contribution >= 0.6 is 0 Å². The summed E-state index contributed by atoms with van der Waals surface area (Å²) in [6.07, 6.45) is 0. The Labute approximate surface area is 61.1 Å². The average molecular weight is 257 g/mol. The molecule has 0 radical (unpaired) electrons. The van der Waals surface area contributed by atoms with Crippen molar-refractivity contribution in [3.8, 4) is 0 Å². The van der Waals surface area contributed by atoms with Crippen LogP contribution in [0.25, 0.3) is 0 Å². The Morgan fingerprint density at radius 3 is 0.500 bits per heavy atom. The van der Waals surface area contributed by atoms with Crippen LogP contribution in [0.5, 0.6) is 0 Å². The maximum atomic E-state index is 9.90. The van der Waals surface area contributed by atoms with Gasteiger partial charge in [-0.15, -0.1) is 0 Å². The molecule has 0 aliphatic rings. The third-order valence-corrected chi connectivity index (χ3v) is 0. The average Bonchev–Trinajstić information content (AvgIpc) is 0.722. The summed E-state index contributed by atoms with van der Waals surface area (Å²) in [6, 6.07) is 0. The minimum absolute atomic E-state index is 0. The van der Waals surface area contributed by atoms with E-state index >= 15 is 0 Å². The van der Waals surface area contributed by atoms with Crippen molar-refractivity contribution in [1.29, 1.82) is 0 Å². The van der Waals surface area contributed by atoms with Crippen LogP contribution in [-0.2, 0) is 22.7 Å². The minimum atomic E-state index is -7.18. The van der Waals surface area contributed by atoms with Gasteiger partial charge in [0.1, 0.15) is 0 Å². The second-order valence-corrected chi connectivity index (χ2v) is 2.54. The Hall–Kier alpha value is 0.403. The zero-order valence-electron chi connectivity index (χ0n) is 4.51. The summed E-state index contributed by atoms with van der Waals surface area (Å²) in [5.74, 6) is 0. The van der Waals surface area contributed by atoms with Crippen molar-refractivity contribution in [2.75, 3.05) is 0 Å². The molecule has 0 aromatic heterocycles. The molecule has 0 aromatic carbocycles. The van der Waals surface area contributed by atoms with E-state index in [9.17, 15) is 10.5 Å². The zero-order valence-corrected chi connectivity index (χ0v) is 6.97. The normalized spacial score (nSPS) is 6.00. The van der Waals surface area contributed by atoms with Crippen LogP contribution in [0.1, 0.15) is 0 Å². The fraction of sp³-hybridized carbons (Fsp3) is 0. The van der Waals surface area contributed by atoms with Crippen LogP contribution < -0.4 is 0 Å². The Morgan fingerprint density at radius 1 is 0.500 bits per heavy atom. The second-order valence-electron chi connectivity index (χ2n) is 0.429. The van der Waals surface area contributed by atoms with E-state index in [-0.39, 0.29) is 27.4 Å².